The lowest BCUT2D eigenvalue weighted by Gasteiger charge is -2.29. The Hall–Kier alpha value is -4.40. The fraction of sp³-hybridized carbons (Fsp3) is 0.281. The van der Waals surface area contributed by atoms with Gasteiger partial charge < -0.3 is 11.1 Å². The van der Waals surface area contributed by atoms with E-state index in [1.165, 1.54) is 17.7 Å². The number of rotatable bonds is 6. The van der Waals surface area contributed by atoms with Crippen LogP contribution in [0.3, 0.4) is 0 Å². The predicted molar refractivity (Wildman–Crippen MR) is 152 cm³/mol. The van der Waals surface area contributed by atoms with E-state index in [9.17, 15) is 22.8 Å². The Labute approximate surface area is 236 Å². The van der Waals surface area contributed by atoms with Crippen molar-refractivity contribution in [1.29, 1.82) is 0 Å². The minimum atomic E-state index is -4.47. The fourth-order valence-electron chi connectivity index (χ4n) is 5.23. The van der Waals surface area contributed by atoms with E-state index in [-0.39, 0.29) is 29.2 Å². The highest BCUT2D eigenvalue weighted by molar-refractivity contribution is 6.04. The number of alkyl halides is 3. The smallest absolute Gasteiger partial charge is 0.397 e. The van der Waals surface area contributed by atoms with Crippen molar-refractivity contribution >= 4 is 17.4 Å². The zero-order valence-corrected chi connectivity index (χ0v) is 23.1. The summed E-state index contributed by atoms with van der Waals surface area (Å²) < 4.78 is 41.0. The lowest BCUT2D eigenvalue weighted by Crippen LogP contribution is -2.28. The molecule has 6 nitrogen and oxygen atoms in total. The number of nitrogens with two attached hydrogens (primary N) is 1. The Morgan fingerprint density at radius 2 is 1.71 bits per heavy atom. The van der Waals surface area contributed by atoms with Gasteiger partial charge in [-0.15, -0.1) is 0 Å². The predicted octanol–water partition coefficient (Wildman–Crippen LogP) is 6.58. The largest absolute Gasteiger partial charge is 0.416 e. The number of ketones is 1. The molecule has 0 radical (unpaired) electrons. The average molecular weight is 561 g/mol. The van der Waals surface area contributed by atoms with Crippen molar-refractivity contribution in [3.63, 3.8) is 0 Å². The molecular weight excluding hydrogens is 529 g/mol. The molecule has 0 bridgehead atoms. The molecule has 0 saturated carbocycles. The number of hydrogen-bond acceptors (Lipinski definition) is 4. The van der Waals surface area contributed by atoms with Crippen molar-refractivity contribution in [2.45, 2.75) is 46.2 Å². The highest BCUT2D eigenvalue weighted by atomic mass is 19.4. The van der Waals surface area contributed by atoms with E-state index >= 15 is 0 Å². The number of aryl methyl sites for hydroxylation is 1. The SMILES string of the molecule is Cc1ccc(CCNC(=O)c2ccc(-n3nc(-c4ccc(C(F)(F)F)cc4)c4c3CC(C)(C)CC4=O)c(N)c2)cc1. The number of hydrogen-bond donors (Lipinski definition) is 2. The number of anilines is 1. The van der Waals surface area contributed by atoms with Gasteiger partial charge in [0.1, 0.15) is 5.69 Å². The molecule has 212 valence electrons. The van der Waals surface area contributed by atoms with Gasteiger partial charge in [-0.05, 0) is 61.1 Å². The molecule has 9 heteroatoms. The maximum absolute atomic E-state index is 13.3. The second-order valence-corrected chi connectivity index (χ2v) is 11.4. The van der Waals surface area contributed by atoms with Crippen LogP contribution in [0, 0.1) is 12.3 Å². The van der Waals surface area contributed by atoms with E-state index in [1.807, 2.05) is 45.0 Å². The Morgan fingerprint density at radius 1 is 1.02 bits per heavy atom. The highest BCUT2D eigenvalue weighted by Gasteiger charge is 2.37. The summed E-state index contributed by atoms with van der Waals surface area (Å²) in [6, 6.07) is 17.6. The van der Waals surface area contributed by atoms with Gasteiger partial charge in [-0.2, -0.15) is 18.3 Å². The van der Waals surface area contributed by atoms with Gasteiger partial charge in [-0.1, -0.05) is 55.8 Å². The van der Waals surface area contributed by atoms with Gasteiger partial charge in [0.25, 0.3) is 5.91 Å². The fourth-order valence-corrected chi connectivity index (χ4v) is 5.23. The summed E-state index contributed by atoms with van der Waals surface area (Å²) in [4.78, 5) is 26.1. The molecule has 0 atom stereocenters. The van der Waals surface area contributed by atoms with Gasteiger partial charge in [-0.25, -0.2) is 4.68 Å². The molecule has 1 aliphatic rings. The molecule has 1 heterocycles. The topological polar surface area (TPSA) is 90.0 Å². The van der Waals surface area contributed by atoms with Gasteiger partial charge in [0, 0.05) is 24.1 Å². The first-order valence-electron chi connectivity index (χ1n) is 13.4. The van der Waals surface area contributed by atoms with Crippen molar-refractivity contribution in [3.8, 4) is 16.9 Å². The zero-order chi connectivity index (χ0) is 29.5. The molecule has 3 aromatic carbocycles. The van der Waals surface area contributed by atoms with Crippen LogP contribution in [0.5, 0.6) is 0 Å². The second-order valence-electron chi connectivity index (χ2n) is 11.4. The van der Waals surface area contributed by atoms with Gasteiger partial charge in [-0.3, -0.25) is 9.59 Å². The summed E-state index contributed by atoms with van der Waals surface area (Å²) in [6.07, 6.45) is -2.98. The number of amides is 1. The number of carbonyl (C=O) groups is 2. The standard InChI is InChI=1S/C32H31F3N4O2/c1-19-4-6-20(7-5-19)14-15-37-30(41)22-10-13-25(24(36)16-22)39-26-17-31(2,3)18-27(40)28(26)29(38-39)21-8-11-23(12-9-21)32(33,34)35/h4-13,16H,14-15,17-18,36H2,1-3H3,(H,37,41). The van der Waals surface area contributed by atoms with Crippen LogP contribution in [-0.4, -0.2) is 28.0 Å². The third-order valence-corrected chi connectivity index (χ3v) is 7.37. The first-order chi connectivity index (χ1) is 19.3. The molecule has 1 amide bonds. The number of aromatic nitrogens is 2. The van der Waals surface area contributed by atoms with E-state index < -0.39 is 11.7 Å². The minimum Gasteiger partial charge on any atom is -0.397 e. The van der Waals surface area contributed by atoms with Gasteiger partial charge in [0.15, 0.2) is 5.78 Å². The van der Waals surface area contributed by atoms with Crippen LogP contribution in [0.25, 0.3) is 16.9 Å². The van der Waals surface area contributed by atoms with Gasteiger partial charge in [0.05, 0.1) is 28.2 Å². The summed E-state index contributed by atoms with van der Waals surface area (Å²) in [5.41, 5.74) is 10.5. The number of nitrogens with one attached hydrogen (secondary N) is 1. The van der Waals surface area contributed by atoms with Crippen LogP contribution < -0.4 is 11.1 Å². The number of nitrogens with zero attached hydrogens (tertiary/aromatic N) is 2. The monoisotopic (exact) mass is 560 g/mol. The highest BCUT2D eigenvalue weighted by Crippen LogP contribution is 2.41. The van der Waals surface area contributed by atoms with Crippen molar-refractivity contribution in [3.05, 3.63) is 100 Å². The zero-order valence-electron chi connectivity index (χ0n) is 23.1. The lowest BCUT2D eigenvalue weighted by atomic mass is 9.75. The van der Waals surface area contributed by atoms with E-state index in [2.05, 4.69) is 5.32 Å². The van der Waals surface area contributed by atoms with Gasteiger partial charge in [0.2, 0.25) is 0 Å². The molecule has 0 unspecified atom stereocenters. The number of nitrogen functional groups attached to an aromatic ring is 1. The van der Waals surface area contributed by atoms with Gasteiger partial charge >= 0.3 is 6.18 Å². The van der Waals surface area contributed by atoms with Crippen LogP contribution in [0.15, 0.2) is 66.7 Å². The molecule has 3 N–H and O–H groups in total. The molecule has 0 saturated heterocycles. The lowest BCUT2D eigenvalue weighted by molar-refractivity contribution is -0.137. The van der Waals surface area contributed by atoms with Crippen molar-refractivity contribution in [2.75, 3.05) is 12.3 Å². The van der Waals surface area contributed by atoms with Crippen LogP contribution >= 0.6 is 0 Å². The third-order valence-electron chi connectivity index (χ3n) is 7.37. The molecule has 1 aromatic heterocycles. The Kier molecular flexibility index (Phi) is 7.23. The van der Waals surface area contributed by atoms with E-state index in [1.54, 1.807) is 22.9 Å². The van der Waals surface area contributed by atoms with Crippen LogP contribution in [0.2, 0.25) is 0 Å². The normalized spacial score (nSPS) is 14.5. The Morgan fingerprint density at radius 3 is 2.34 bits per heavy atom. The summed E-state index contributed by atoms with van der Waals surface area (Å²) in [6.45, 7) is 6.45. The molecule has 0 fully saturated rings. The average Bonchev–Trinajstić information content (AvgIpc) is 3.27. The summed E-state index contributed by atoms with van der Waals surface area (Å²) in [7, 11) is 0. The first kappa shape index (κ1) is 28.1. The van der Waals surface area contributed by atoms with Crippen LogP contribution in [-0.2, 0) is 19.0 Å². The maximum atomic E-state index is 13.3. The summed E-state index contributed by atoms with van der Waals surface area (Å²) in [5.74, 6) is -0.389. The molecule has 0 aliphatic heterocycles. The number of Topliss-reactive ketones (excluding diaryl/α,β-unsaturated/α-hetero) is 1. The number of benzene rings is 3. The summed E-state index contributed by atoms with van der Waals surface area (Å²) >= 11 is 0. The molecule has 4 aromatic rings. The van der Waals surface area contributed by atoms with Crippen LogP contribution in [0.4, 0.5) is 18.9 Å². The summed E-state index contributed by atoms with van der Waals surface area (Å²) in [5, 5.41) is 7.61. The van der Waals surface area contributed by atoms with Crippen molar-refractivity contribution in [2.24, 2.45) is 5.41 Å². The Bertz CT molecular complexity index is 1620. The maximum Gasteiger partial charge on any atom is 0.416 e. The third kappa shape index (κ3) is 5.89. The van der Waals surface area contributed by atoms with Crippen LogP contribution in [0.1, 0.15) is 63.4 Å². The second kappa shape index (κ2) is 10.5. The molecular formula is C32H31F3N4O2. The molecule has 5 rings (SSSR count). The van der Waals surface area contributed by atoms with E-state index in [0.29, 0.717) is 53.2 Å². The van der Waals surface area contributed by atoms with E-state index in [0.717, 1.165) is 17.7 Å². The first-order valence-corrected chi connectivity index (χ1v) is 13.4. The number of carbonyl (C=O) groups excluding carboxylic acids is 2. The van der Waals surface area contributed by atoms with Crippen molar-refractivity contribution in [1.82, 2.24) is 15.1 Å². The Balaban J connectivity index is 1.45. The molecule has 0 spiro atoms. The van der Waals surface area contributed by atoms with Crippen molar-refractivity contribution < 1.29 is 22.8 Å². The quantitative estimate of drug-likeness (QED) is 0.261. The number of halogens is 3. The van der Waals surface area contributed by atoms with E-state index in [4.69, 9.17) is 10.8 Å². The molecule has 41 heavy (non-hydrogen) atoms. The molecule has 1 aliphatic carbocycles. The minimum absolute atomic E-state index is 0.124. The number of fused-ring (bicyclic) bond motifs is 1.